The first-order valence-electron chi connectivity index (χ1n) is 8.81. The summed E-state index contributed by atoms with van der Waals surface area (Å²) in [7, 11) is -3.60. The molecular weight excluding hydrogens is 348 g/mol. The van der Waals surface area contributed by atoms with Crippen molar-refractivity contribution in [3.8, 4) is 0 Å². The number of carbonyl (C=O) groups is 1. The first kappa shape index (κ1) is 19.1. The molecular formula is C17H28O7S. The normalized spacial score (nSPS) is 37.3. The summed E-state index contributed by atoms with van der Waals surface area (Å²) >= 11 is 0. The predicted molar refractivity (Wildman–Crippen MR) is 89.1 cm³/mol. The molecule has 0 amide bonds. The van der Waals surface area contributed by atoms with Gasteiger partial charge in [0.05, 0.1) is 11.5 Å². The van der Waals surface area contributed by atoms with Gasteiger partial charge in [0.2, 0.25) is 6.29 Å². The van der Waals surface area contributed by atoms with Crippen molar-refractivity contribution in [1.29, 1.82) is 0 Å². The number of hydrogen-bond donors (Lipinski definition) is 0. The molecule has 0 aliphatic carbocycles. The Morgan fingerprint density at radius 1 is 1.20 bits per heavy atom. The van der Waals surface area contributed by atoms with Crippen LogP contribution in [0.2, 0.25) is 0 Å². The van der Waals surface area contributed by atoms with Gasteiger partial charge in [-0.2, -0.15) is 8.42 Å². The maximum Gasteiger partial charge on any atom is 0.313 e. The van der Waals surface area contributed by atoms with Crippen LogP contribution in [0, 0.1) is 10.8 Å². The quantitative estimate of drug-likeness (QED) is 0.412. The summed E-state index contributed by atoms with van der Waals surface area (Å²) in [5.41, 5.74) is -1.09. The summed E-state index contributed by atoms with van der Waals surface area (Å²) in [6.07, 6.45) is -1.85. The second kappa shape index (κ2) is 5.90. The van der Waals surface area contributed by atoms with Gasteiger partial charge in [-0.05, 0) is 26.7 Å². The van der Waals surface area contributed by atoms with Crippen LogP contribution in [0.4, 0.5) is 0 Å². The lowest BCUT2D eigenvalue weighted by molar-refractivity contribution is -0.236. The predicted octanol–water partition coefficient (Wildman–Crippen LogP) is 1.99. The Morgan fingerprint density at radius 3 is 2.40 bits per heavy atom. The maximum absolute atomic E-state index is 12.5. The van der Waals surface area contributed by atoms with Crippen LogP contribution in [0.3, 0.4) is 0 Å². The molecule has 3 aliphatic rings. The highest BCUT2D eigenvalue weighted by atomic mass is 32.2. The number of ether oxygens (including phenoxy) is 3. The lowest BCUT2D eigenvalue weighted by Crippen LogP contribution is -2.47. The zero-order valence-electron chi connectivity index (χ0n) is 15.6. The van der Waals surface area contributed by atoms with Crippen molar-refractivity contribution in [1.82, 2.24) is 0 Å². The third kappa shape index (κ3) is 3.22. The molecule has 3 heterocycles. The first-order chi connectivity index (χ1) is 11.4. The summed E-state index contributed by atoms with van der Waals surface area (Å²) in [6.45, 7) is 11.3. The Bertz CT molecular complexity index is 648. The molecule has 3 fully saturated rings. The van der Waals surface area contributed by atoms with E-state index in [4.69, 9.17) is 18.4 Å². The number of fused-ring (bicyclic) bond motifs is 1. The lowest BCUT2D eigenvalue weighted by atomic mass is 9.89. The SMILES string of the molecule is CCC(C)(C)C(=O)OC(OC1C2CC3C(O2)C1OS3(=O)=O)C(C)(C)C. The van der Waals surface area contributed by atoms with E-state index >= 15 is 0 Å². The molecule has 8 heteroatoms. The third-order valence-electron chi connectivity index (χ3n) is 5.43. The molecule has 0 aromatic heterocycles. The molecule has 3 aliphatic heterocycles. The molecule has 144 valence electrons. The van der Waals surface area contributed by atoms with Crippen LogP contribution >= 0.6 is 0 Å². The zero-order valence-corrected chi connectivity index (χ0v) is 16.5. The van der Waals surface area contributed by atoms with Gasteiger partial charge in [-0.25, -0.2) is 0 Å². The fraction of sp³-hybridized carbons (Fsp3) is 0.941. The van der Waals surface area contributed by atoms with Crippen molar-refractivity contribution >= 4 is 16.1 Å². The van der Waals surface area contributed by atoms with Crippen LogP contribution in [-0.2, 0) is 33.3 Å². The van der Waals surface area contributed by atoms with Gasteiger partial charge < -0.3 is 14.2 Å². The molecule has 7 nitrogen and oxygen atoms in total. The second-order valence-electron chi connectivity index (χ2n) is 8.91. The van der Waals surface area contributed by atoms with E-state index in [2.05, 4.69) is 0 Å². The van der Waals surface area contributed by atoms with E-state index in [1.165, 1.54) is 0 Å². The van der Waals surface area contributed by atoms with Gasteiger partial charge in [0, 0.05) is 5.41 Å². The lowest BCUT2D eigenvalue weighted by Gasteiger charge is -2.36. The van der Waals surface area contributed by atoms with Gasteiger partial charge >= 0.3 is 5.97 Å². The van der Waals surface area contributed by atoms with Crippen molar-refractivity contribution in [2.75, 3.05) is 0 Å². The van der Waals surface area contributed by atoms with E-state index in [9.17, 15) is 13.2 Å². The average molecular weight is 376 g/mol. The van der Waals surface area contributed by atoms with Crippen molar-refractivity contribution in [2.24, 2.45) is 10.8 Å². The minimum atomic E-state index is -3.60. The second-order valence-corrected chi connectivity index (χ2v) is 10.7. The molecule has 0 aromatic rings. The van der Waals surface area contributed by atoms with E-state index in [1.807, 2.05) is 41.5 Å². The standard InChI is InChI=1S/C17H28O7S/c1-7-17(5,6)14(18)23-15(16(2,3)4)22-11-9-8-10-12(21-9)13(11)24-25(10,19)20/h9-13,15H,7-8H2,1-6H3. The fourth-order valence-electron chi connectivity index (χ4n) is 3.34. The van der Waals surface area contributed by atoms with Crippen LogP contribution < -0.4 is 0 Å². The van der Waals surface area contributed by atoms with E-state index in [0.717, 1.165) is 0 Å². The largest absolute Gasteiger partial charge is 0.435 e. The summed E-state index contributed by atoms with van der Waals surface area (Å²) in [4.78, 5) is 12.5. The monoisotopic (exact) mass is 376 g/mol. The molecule has 2 bridgehead atoms. The molecule has 0 spiro atoms. The number of esters is 1. The smallest absolute Gasteiger partial charge is 0.313 e. The molecule has 25 heavy (non-hydrogen) atoms. The maximum atomic E-state index is 12.5. The average Bonchev–Trinajstić information content (AvgIpc) is 3.09. The summed E-state index contributed by atoms with van der Waals surface area (Å²) in [6, 6.07) is 0. The molecule has 0 N–H and O–H groups in total. The molecule has 6 unspecified atom stereocenters. The minimum Gasteiger partial charge on any atom is -0.435 e. The third-order valence-corrected chi connectivity index (χ3v) is 7.12. The first-order valence-corrected chi connectivity index (χ1v) is 10.3. The fourth-order valence-corrected chi connectivity index (χ4v) is 4.99. The number of rotatable bonds is 5. The van der Waals surface area contributed by atoms with E-state index in [-0.39, 0.29) is 12.1 Å². The van der Waals surface area contributed by atoms with Crippen LogP contribution in [0.15, 0.2) is 0 Å². The molecule has 0 saturated carbocycles. The highest BCUT2D eigenvalue weighted by Gasteiger charge is 2.67. The Hall–Kier alpha value is -0.700. The van der Waals surface area contributed by atoms with E-state index in [0.29, 0.717) is 12.8 Å². The highest BCUT2D eigenvalue weighted by molar-refractivity contribution is 7.87. The van der Waals surface area contributed by atoms with Crippen LogP contribution in [0.5, 0.6) is 0 Å². The van der Waals surface area contributed by atoms with E-state index < -0.39 is 50.8 Å². The van der Waals surface area contributed by atoms with Crippen molar-refractivity contribution in [3.05, 3.63) is 0 Å². The van der Waals surface area contributed by atoms with Gasteiger partial charge in [0.15, 0.2) is 0 Å². The molecule has 3 rings (SSSR count). The number of hydrogen-bond acceptors (Lipinski definition) is 7. The zero-order chi connectivity index (χ0) is 18.8. The minimum absolute atomic E-state index is 0.336. The molecule has 3 saturated heterocycles. The van der Waals surface area contributed by atoms with Crippen LogP contribution in [0.25, 0.3) is 0 Å². The highest BCUT2D eigenvalue weighted by Crippen LogP contribution is 2.48. The Balaban J connectivity index is 1.76. The van der Waals surface area contributed by atoms with Crippen molar-refractivity contribution in [3.63, 3.8) is 0 Å². The molecule has 0 aromatic carbocycles. The van der Waals surface area contributed by atoms with Gasteiger partial charge in [0.1, 0.15) is 23.6 Å². The van der Waals surface area contributed by atoms with Gasteiger partial charge in [-0.3, -0.25) is 8.98 Å². The molecule has 6 atom stereocenters. The number of carbonyl (C=O) groups excluding carboxylic acids is 1. The topological polar surface area (TPSA) is 88.1 Å². The Morgan fingerprint density at radius 2 is 1.84 bits per heavy atom. The van der Waals surface area contributed by atoms with Crippen molar-refractivity contribution < 1.29 is 31.6 Å². The Labute approximate surface area is 149 Å². The summed E-state index contributed by atoms with van der Waals surface area (Å²) in [5, 5.41) is -0.600. The van der Waals surface area contributed by atoms with Gasteiger partial charge in [-0.1, -0.05) is 27.7 Å². The van der Waals surface area contributed by atoms with Crippen LogP contribution in [0.1, 0.15) is 54.4 Å². The van der Waals surface area contributed by atoms with E-state index in [1.54, 1.807) is 0 Å². The summed E-state index contributed by atoms with van der Waals surface area (Å²) < 4.78 is 46.8. The molecule has 0 radical (unpaired) electrons. The van der Waals surface area contributed by atoms with Gasteiger partial charge in [0.25, 0.3) is 10.1 Å². The summed E-state index contributed by atoms with van der Waals surface area (Å²) in [5.74, 6) is -0.336. The Kier molecular flexibility index (Phi) is 4.50. The van der Waals surface area contributed by atoms with Gasteiger partial charge in [-0.15, -0.1) is 0 Å². The van der Waals surface area contributed by atoms with Crippen LogP contribution in [-0.4, -0.2) is 50.3 Å². The van der Waals surface area contributed by atoms with Crippen molar-refractivity contribution in [2.45, 2.75) is 90.3 Å².